The van der Waals surface area contributed by atoms with Gasteiger partial charge in [-0.25, -0.2) is 4.79 Å². The van der Waals surface area contributed by atoms with E-state index < -0.39 is 29.3 Å². The summed E-state index contributed by atoms with van der Waals surface area (Å²) in [6.45, 7) is 2.35. The Hall–Kier alpha value is -3.98. The minimum absolute atomic E-state index is 0.000802. The lowest BCUT2D eigenvalue weighted by molar-refractivity contribution is -0.124. The van der Waals surface area contributed by atoms with Crippen LogP contribution >= 0.6 is 0 Å². The minimum Gasteiger partial charge on any atom is -0.489 e. The van der Waals surface area contributed by atoms with E-state index in [0.29, 0.717) is 11.3 Å². The first kappa shape index (κ1) is 20.9. The fourth-order valence-corrected chi connectivity index (χ4v) is 4.61. The Morgan fingerprint density at radius 1 is 1.24 bits per heavy atom. The number of urea groups is 1. The Balaban J connectivity index is 1.49. The van der Waals surface area contributed by atoms with Crippen LogP contribution in [0.25, 0.3) is 10.9 Å². The number of nitrogens with zero attached hydrogens (tertiary/aromatic N) is 1. The number of pyridine rings is 1. The molecule has 9 nitrogen and oxygen atoms in total. The second-order valence-corrected chi connectivity index (χ2v) is 8.29. The van der Waals surface area contributed by atoms with Crippen molar-refractivity contribution in [3.8, 4) is 5.75 Å². The maximum absolute atomic E-state index is 12.6. The molecule has 2 aliphatic rings. The highest BCUT2D eigenvalue weighted by Gasteiger charge is 2.56. The summed E-state index contributed by atoms with van der Waals surface area (Å²) in [5, 5.41) is 5.92. The number of fused-ring (bicyclic) bond motifs is 1. The topological polar surface area (TPSA) is 133 Å². The molecule has 9 heteroatoms. The third-order valence-corrected chi connectivity index (χ3v) is 6.17. The zero-order chi connectivity index (χ0) is 23.2. The lowest BCUT2D eigenvalue weighted by Crippen LogP contribution is -2.52. The number of aryl methyl sites for hydroxylation is 1. The molecular formula is C24H22N4O5. The van der Waals surface area contributed by atoms with Crippen LogP contribution in [0, 0.1) is 6.92 Å². The summed E-state index contributed by atoms with van der Waals surface area (Å²) in [5.74, 6) is -1.23. The molecule has 2 fully saturated rings. The van der Waals surface area contributed by atoms with Crippen LogP contribution in [0.15, 0.2) is 48.5 Å². The largest absolute Gasteiger partial charge is 0.489 e. The van der Waals surface area contributed by atoms with Crippen LogP contribution in [-0.2, 0) is 16.1 Å². The highest BCUT2D eigenvalue weighted by Crippen LogP contribution is 2.39. The molecule has 0 aliphatic carbocycles. The molecule has 1 spiro atoms. The van der Waals surface area contributed by atoms with Gasteiger partial charge in [0, 0.05) is 28.1 Å². The van der Waals surface area contributed by atoms with Crippen molar-refractivity contribution >= 4 is 28.7 Å². The smallest absolute Gasteiger partial charge is 0.322 e. The van der Waals surface area contributed by atoms with Gasteiger partial charge in [-0.15, -0.1) is 0 Å². The second kappa shape index (κ2) is 7.86. The van der Waals surface area contributed by atoms with Gasteiger partial charge in [0.15, 0.2) is 5.54 Å². The second-order valence-electron chi connectivity index (χ2n) is 8.29. The van der Waals surface area contributed by atoms with Gasteiger partial charge in [0.05, 0.1) is 18.7 Å². The number of hydrogen-bond donors (Lipinski definition) is 3. The molecule has 4 N–H and O–H groups in total. The molecule has 3 aromatic rings. The van der Waals surface area contributed by atoms with Gasteiger partial charge in [-0.3, -0.25) is 19.9 Å². The Morgan fingerprint density at radius 2 is 2.06 bits per heavy atom. The summed E-state index contributed by atoms with van der Waals surface area (Å²) in [7, 11) is 0. The van der Waals surface area contributed by atoms with Crippen molar-refractivity contribution in [2.45, 2.75) is 25.0 Å². The normalized spacial score (nSPS) is 21.9. The molecule has 0 bridgehead atoms. The van der Waals surface area contributed by atoms with Crippen LogP contribution < -0.4 is 21.1 Å². The monoisotopic (exact) mass is 446 g/mol. The van der Waals surface area contributed by atoms with Crippen molar-refractivity contribution in [1.82, 2.24) is 15.6 Å². The first-order chi connectivity index (χ1) is 15.9. The lowest BCUT2D eigenvalue weighted by atomic mass is 9.80. The van der Waals surface area contributed by atoms with Crippen LogP contribution in [0.4, 0.5) is 4.79 Å². The van der Waals surface area contributed by atoms with Crippen LogP contribution in [0.5, 0.6) is 5.75 Å². The molecule has 3 heterocycles. The number of carbonyl (C=O) groups excluding carboxylic acids is 3. The molecule has 2 aliphatic heterocycles. The molecule has 2 aromatic carbocycles. The molecule has 33 heavy (non-hydrogen) atoms. The quantitative estimate of drug-likeness (QED) is 0.513. The van der Waals surface area contributed by atoms with Crippen molar-refractivity contribution in [2.75, 3.05) is 13.2 Å². The summed E-state index contributed by atoms with van der Waals surface area (Å²) in [5.41, 5.74) is 7.79. The number of benzene rings is 2. The van der Waals surface area contributed by atoms with Crippen LogP contribution in [-0.4, -0.2) is 41.6 Å². The van der Waals surface area contributed by atoms with Crippen LogP contribution in [0.3, 0.4) is 0 Å². The number of para-hydroxylation sites is 1. The Kier molecular flexibility index (Phi) is 4.98. The zero-order valence-electron chi connectivity index (χ0n) is 17.9. The molecule has 5 rings (SSSR count). The number of ether oxygens (including phenoxy) is 2. The molecule has 2 atom stereocenters. The summed E-state index contributed by atoms with van der Waals surface area (Å²) in [6, 6.07) is 14.1. The van der Waals surface area contributed by atoms with Crippen molar-refractivity contribution in [3.63, 3.8) is 0 Å². The Labute approximate surface area is 189 Å². The zero-order valence-corrected chi connectivity index (χ0v) is 17.9. The standard InChI is InChI=1S/C24H22N4O5/c1-13-8-14(16-4-2-3-5-20(16)26-13)10-33-15-6-7-17(21(25)29)18(9-15)19-11-32-12-24(19)22(30)27-23(31)28-24/h2-9,19H,10-12H2,1H3,(H2,25,29)(H2,27,28,30,31). The average molecular weight is 446 g/mol. The van der Waals surface area contributed by atoms with E-state index in [1.807, 2.05) is 37.3 Å². The minimum atomic E-state index is -1.29. The molecule has 4 amide bonds. The number of amides is 4. The van der Waals surface area contributed by atoms with E-state index in [9.17, 15) is 14.4 Å². The summed E-state index contributed by atoms with van der Waals surface area (Å²) >= 11 is 0. The summed E-state index contributed by atoms with van der Waals surface area (Å²) in [6.07, 6.45) is 0. The van der Waals surface area contributed by atoms with Gasteiger partial charge in [0.2, 0.25) is 5.91 Å². The molecule has 0 radical (unpaired) electrons. The van der Waals surface area contributed by atoms with Gasteiger partial charge in [-0.2, -0.15) is 0 Å². The first-order valence-electron chi connectivity index (χ1n) is 10.5. The highest BCUT2D eigenvalue weighted by atomic mass is 16.5. The number of nitrogens with two attached hydrogens (primary N) is 1. The molecule has 1 aromatic heterocycles. The van der Waals surface area contributed by atoms with Crippen LogP contribution in [0.2, 0.25) is 0 Å². The Morgan fingerprint density at radius 3 is 2.82 bits per heavy atom. The number of aromatic nitrogens is 1. The molecule has 168 valence electrons. The van der Waals surface area contributed by atoms with E-state index in [4.69, 9.17) is 15.2 Å². The van der Waals surface area contributed by atoms with E-state index in [2.05, 4.69) is 15.6 Å². The van der Waals surface area contributed by atoms with Gasteiger partial charge >= 0.3 is 6.03 Å². The van der Waals surface area contributed by atoms with Crippen molar-refractivity contribution in [2.24, 2.45) is 5.73 Å². The fourth-order valence-electron chi connectivity index (χ4n) is 4.61. The number of nitrogens with one attached hydrogen (secondary N) is 2. The van der Waals surface area contributed by atoms with Gasteiger partial charge in [0.25, 0.3) is 5.91 Å². The molecular weight excluding hydrogens is 424 g/mol. The summed E-state index contributed by atoms with van der Waals surface area (Å²) < 4.78 is 11.6. The molecule has 2 unspecified atom stereocenters. The Bertz CT molecular complexity index is 1310. The third kappa shape index (κ3) is 3.56. The average Bonchev–Trinajstić information content (AvgIpc) is 3.33. The number of primary amides is 1. The number of imide groups is 1. The SMILES string of the molecule is Cc1cc(COc2ccc(C(N)=O)c(C3COCC34NC(=O)NC4=O)c2)c2ccccc2n1. The molecule has 2 saturated heterocycles. The van der Waals surface area contributed by atoms with Crippen molar-refractivity contribution in [1.29, 1.82) is 0 Å². The number of hydrogen-bond acceptors (Lipinski definition) is 6. The number of carbonyl (C=O) groups is 3. The van der Waals surface area contributed by atoms with Crippen LogP contribution in [0.1, 0.15) is 33.1 Å². The van der Waals surface area contributed by atoms with E-state index in [1.165, 1.54) is 0 Å². The predicted octanol–water partition coefficient (Wildman–Crippen LogP) is 1.91. The van der Waals surface area contributed by atoms with E-state index in [-0.39, 0.29) is 25.4 Å². The first-order valence-corrected chi connectivity index (χ1v) is 10.5. The predicted molar refractivity (Wildman–Crippen MR) is 119 cm³/mol. The summed E-state index contributed by atoms with van der Waals surface area (Å²) in [4.78, 5) is 41.1. The van der Waals surface area contributed by atoms with E-state index >= 15 is 0 Å². The number of rotatable bonds is 5. The maximum Gasteiger partial charge on any atom is 0.322 e. The van der Waals surface area contributed by atoms with Gasteiger partial charge in [-0.1, -0.05) is 18.2 Å². The van der Waals surface area contributed by atoms with Gasteiger partial charge in [0.1, 0.15) is 12.4 Å². The third-order valence-electron chi connectivity index (χ3n) is 6.17. The molecule has 0 saturated carbocycles. The van der Waals surface area contributed by atoms with E-state index in [1.54, 1.807) is 18.2 Å². The fraction of sp³-hybridized carbons (Fsp3) is 0.250. The maximum atomic E-state index is 12.6. The van der Waals surface area contributed by atoms with Gasteiger partial charge in [-0.05, 0) is 42.8 Å². The van der Waals surface area contributed by atoms with Crippen molar-refractivity contribution < 1.29 is 23.9 Å². The van der Waals surface area contributed by atoms with Gasteiger partial charge < -0.3 is 20.5 Å². The lowest BCUT2D eigenvalue weighted by Gasteiger charge is -2.27. The van der Waals surface area contributed by atoms with E-state index in [0.717, 1.165) is 22.2 Å². The van der Waals surface area contributed by atoms with Crippen molar-refractivity contribution in [3.05, 3.63) is 70.9 Å². The highest BCUT2D eigenvalue weighted by molar-refractivity contribution is 6.08.